The number of rotatable bonds is 7. The second-order valence-corrected chi connectivity index (χ2v) is 11.5. The number of Topliss-reactive ketones (excluding diaryl/α,β-unsaturated/α-hetero) is 2. The van der Waals surface area contributed by atoms with Crippen LogP contribution in [0.4, 0.5) is 5.69 Å². The molecular formula is C31H34BIN4O9. The number of nitrogens with one attached hydrogen (secondary N) is 1. The van der Waals surface area contributed by atoms with E-state index in [1.807, 2.05) is 0 Å². The van der Waals surface area contributed by atoms with Crippen LogP contribution in [-0.4, -0.2) is 106 Å². The van der Waals surface area contributed by atoms with Gasteiger partial charge in [-0.15, -0.1) is 0 Å². The zero-order valence-corrected chi connectivity index (χ0v) is 27.7. The van der Waals surface area contributed by atoms with Crippen molar-refractivity contribution in [3.8, 4) is 16.9 Å². The number of benzene rings is 2. The standard InChI is InChI=1S/C31H34N4O9.BI/c1-34(2)25-19-12-15-11-18-17(14-5-7-16(8-6-14)33-21(37)13-35(3)44-4)9-10-20(36)23(18)26(38)22(15)28(40)31(19,43)29(41)24(27(25)39)30(32)42;1-2/h5-10,15,19,25,36,38,41,43H,11-13H2,1-4H3,(H2,32,42)(H,33,37);/t15-,19-,25+,31-;/m0./s1. The van der Waals surface area contributed by atoms with E-state index in [1.54, 1.807) is 73.8 Å². The first-order valence-electron chi connectivity index (χ1n) is 14.1. The Kier molecular flexibility index (Phi) is 10.3. The van der Waals surface area contributed by atoms with Gasteiger partial charge in [0.15, 0.2) is 17.1 Å². The number of halogens is 1. The summed E-state index contributed by atoms with van der Waals surface area (Å²) in [6, 6.07) is 8.81. The minimum absolute atomic E-state index is 0.00114. The molecule has 15 heteroatoms. The molecule has 2 aromatic carbocycles. The van der Waals surface area contributed by atoms with Crippen LogP contribution in [0.25, 0.3) is 16.9 Å². The number of nitrogens with two attached hydrogens (primary N) is 1. The van der Waals surface area contributed by atoms with Crippen molar-refractivity contribution in [3.63, 3.8) is 0 Å². The van der Waals surface area contributed by atoms with Gasteiger partial charge in [0.05, 0.1) is 18.7 Å². The Morgan fingerprint density at radius 1 is 1.09 bits per heavy atom. The number of phenolic OH excluding ortho intramolecular Hbond substituents is 1. The number of anilines is 1. The van der Waals surface area contributed by atoms with Crippen molar-refractivity contribution in [1.82, 2.24) is 9.96 Å². The summed E-state index contributed by atoms with van der Waals surface area (Å²) in [7, 11) is 6.17. The van der Waals surface area contributed by atoms with Gasteiger partial charge in [0.25, 0.3) is 5.91 Å². The largest absolute Gasteiger partial charge is 0.508 e. The molecule has 0 bridgehead atoms. The number of aromatic hydroxyl groups is 1. The van der Waals surface area contributed by atoms with Crippen molar-refractivity contribution in [1.29, 1.82) is 0 Å². The smallest absolute Gasteiger partial charge is 0.255 e. The summed E-state index contributed by atoms with van der Waals surface area (Å²) >= 11 is 1.65. The number of fused-ring (bicyclic) bond motifs is 3. The summed E-state index contributed by atoms with van der Waals surface area (Å²) in [6.45, 7) is 0.0194. The Hall–Kier alpha value is -3.77. The number of hydroxylamine groups is 2. The second kappa shape index (κ2) is 13.5. The molecule has 2 radical (unpaired) electrons. The number of phenols is 1. The normalized spacial score (nSPS) is 23.8. The van der Waals surface area contributed by atoms with Crippen LogP contribution >= 0.6 is 22.4 Å². The number of primary amides is 1. The van der Waals surface area contributed by atoms with E-state index in [0.717, 1.165) is 0 Å². The maximum Gasteiger partial charge on any atom is 0.255 e. The number of amides is 2. The molecule has 242 valence electrons. The molecule has 0 heterocycles. The first-order chi connectivity index (χ1) is 21.7. The first-order valence-corrected chi connectivity index (χ1v) is 15.3. The van der Waals surface area contributed by atoms with Crippen molar-refractivity contribution >= 4 is 62.9 Å². The average molecular weight is 744 g/mol. The Bertz CT molecular complexity index is 1660. The molecule has 1 fully saturated rings. The molecular weight excluding hydrogens is 710 g/mol. The number of aliphatic hydroxyl groups excluding tert-OH is 2. The Morgan fingerprint density at radius 3 is 2.28 bits per heavy atom. The topological polar surface area (TPSA) is 203 Å². The third-order valence-corrected chi connectivity index (χ3v) is 8.76. The lowest BCUT2D eigenvalue weighted by molar-refractivity contribution is -0.153. The summed E-state index contributed by atoms with van der Waals surface area (Å²) in [5, 5.41) is 49.1. The summed E-state index contributed by atoms with van der Waals surface area (Å²) in [5.74, 6) is -7.31. The van der Waals surface area contributed by atoms with E-state index in [1.165, 1.54) is 23.1 Å². The minimum atomic E-state index is -2.70. The van der Waals surface area contributed by atoms with Gasteiger partial charge in [-0.1, -0.05) is 18.2 Å². The molecule has 0 aliphatic heterocycles. The number of ketones is 2. The number of carbonyl (C=O) groups excluding carboxylic acids is 4. The molecule has 4 atom stereocenters. The summed E-state index contributed by atoms with van der Waals surface area (Å²) < 4.78 is 0. The summed E-state index contributed by atoms with van der Waals surface area (Å²) in [6.07, 6.45) is 0.141. The van der Waals surface area contributed by atoms with Gasteiger partial charge in [0.2, 0.25) is 11.7 Å². The fraction of sp³-hybridized carbons (Fsp3) is 0.355. The molecule has 2 amide bonds. The first kappa shape index (κ1) is 35.1. The van der Waals surface area contributed by atoms with E-state index in [-0.39, 0.29) is 42.2 Å². The van der Waals surface area contributed by atoms with E-state index in [9.17, 15) is 39.6 Å². The molecule has 3 aliphatic carbocycles. The maximum absolute atomic E-state index is 14.0. The molecule has 3 aliphatic rings. The van der Waals surface area contributed by atoms with E-state index in [2.05, 4.69) is 11.0 Å². The van der Waals surface area contributed by atoms with Gasteiger partial charge in [-0.3, -0.25) is 24.1 Å². The van der Waals surface area contributed by atoms with E-state index < -0.39 is 58.0 Å². The van der Waals surface area contributed by atoms with Crippen molar-refractivity contribution in [2.24, 2.45) is 17.6 Å². The quantitative estimate of drug-likeness (QED) is 0.104. The maximum atomic E-state index is 14.0. The van der Waals surface area contributed by atoms with Gasteiger partial charge in [0.1, 0.15) is 29.4 Å². The molecule has 46 heavy (non-hydrogen) atoms. The van der Waals surface area contributed by atoms with Crippen LogP contribution in [0.15, 0.2) is 53.3 Å². The Labute approximate surface area is 279 Å². The molecule has 5 rings (SSSR count). The summed E-state index contributed by atoms with van der Waals surface area (Å²) in [5.41, 5.74) is 8.49. The number of hydrogen-bond acceptors (Lipinski definition) is 11. The van der Waals surface area contributed by atoms with Crippen molar-refractivity contribution < 1.29 is 44.4 Å². The monoisotopic (exact) mass is 744 g/mol. The molecule has 0 aromatic heterocycles. The van der Waals surface area contributed by atoms with Gasteiger partial charge in [-0.25, -0.2) is 0 Å². The lowest BCUT2D eigenvalue weighted by Crippen LogP contribution is -2.65. The number of carbonyl (C=O) groups is 4. The van der Waals surface area contributed by atoms with Crippen LogP contribution in [0.1, 0.15) is 17.5 Å². The number of nitrogens with zero attached hydrogens (tertiary/aromatic N) is 2. The SMILES string of the molecule is CON(C)CC(=O)Nc1ccc(-c2ccc(O)c3c2C[C@H]2C[C@H]4[C@@H](N(C)C)C(=O)C(C(N)=O)=C(O)[C@@]4(O)C(=O)C2=C3O)cc1.[B]I. The predicted molar refractivity (Wildman–Crippen MR) is 178 cm³/mol. The van der Waals surface area contributed by atoms with Gasteiger partial charge >= 0.3 is 0 Å². The fourth-order valence-electron chi connectivity index (χ4n) is 6.71. The van der Waals surface area contributed by atoms with Gasteiger partial charge < -0.3 is 36.3 Å². The highest BCUT2D eigenvalue weighted by Crippen LogP contribution is 2.53. The number of hydrogen-bond donors (Lipinski definition) is 6. The van der Waals surface area contributed by atoms with Crippen LogP contribution in [-0.2, 0) is 30.4 Å². The second-order valence-electron chi connectivity index (χ2n) is 11.5. The molecule has 1 saturated carbocycles. The van der Waals surface area contributed by atoms with E-state index in [4.69, 9.17) is 10.6 Å². The van der Waals surface area contributed by atoms with Crippen LogP contribution in [0.5, 0.6) is 5.75 Å². The van der Waals surface area contributed by atoms with Gasteiger partial charge in [-0.2, -0.15) is 27.4 Å². The molecule has 0 spiro atoms. The third-order valence-electron chi connectivity index (χ3n) is 8.76. The molecule has 7 N–H and O–H groups in total. The van der Waals surface area contributed by atoms with Crippen LogP contribution in [0.2, 0.25) is 0 Å². The zero-order chi connectivity index (χ0) is 34.2. The Balaban J connectivity index is 0.00000235. The van der Waals surface area contributed by atoms with E-state index >= 15 is 0 Å². The zero-order valence-electron chi connectivity index (χ0n) is 25.6. The van der Waals surface area contributed by atoms with Crippen molar-refractivity contribution in [2.45, 2.75) is 24.5 Å². The highest BCUT2D eigenvalue weighted by molar-refractivity contribution is 14.1. The average Bonchev–Trinajstić information content (AvgIpc) is 3.00. The highest BCUT2D eigenvalue weighted by atomic mass is 127. The molecule has 0 saturated heterocycles. The minimum Gasteiger partial charge on any atom is -0.508 e. The lowest BCUT2D eigenvalue weighted by atomic mass is 9.57. The van der Waals surface area contributed by atoms with Crippen molar-refractivity contribution in [2.75, 3.05) is 40.1 Å². The van der Waals surface area contributed by atoms with Crippen molar-refractivity contribution in [3.05, 3.63) is 64.4 Å². The van der Waals surface area contributed by atoms with Crippen LogP contribution in [0, 0.1) is 11.8 Å². The van der Waals surface area contributed by atoms with Gasteiger partial charge in [0, 0.05) is 24.2 Å². The number of likely N-dealkylation sites (N-methyl/N-ethyl adjacent to an activating group) is 2. The third kappa shape index (κ3) is 5.81. The lowest BCUT2D eigenvalue weighted by Gasteiger charge is -2.50. The number of aliphatic hydroxyl groups is 3. The summed E-state index contributed by atoms with van der Waals surface area (Å²) in [4.78, 5) is 58.1. The van der Waals surface area contributed by atoms with Gasteiger partial charge in [-0.05, 0) is 67.7 Å². The predicted octanol–water partition coefficient (Wildman–Crippen LogP) is 1.57. The molecule has 13 nitrogen and oxygen atoms in total. The van der Waals surface area contributed by atoms with Crippen LogP contribution < -0.4 is 11.1 Å². The molecule has 2 aromatic rings. The Morgan fingerprint density at radius 2 is 1.72 bits per heavy atom. The fourth-order valence-corrected chi connectivity index (χ4v) is 6.71. The molecule has 0 unspecified atom stereocenters. The van der Waals surface area contributed by atoms with Crippen LogP contribution in [0.3, 0.4) is 0 Å². The van der Waals surface area contributed by atoms with E-state index in [0.29, 0.717) is 22.4 Å². The highest BCUT2D eigenvalue weighted by Gasteiger charge is 2.64.